The van der Waals surface area contributed by atoms with E-state index >= 15 is 0 Å². The quantitative estimate of drug-likeness (QED) is 0.784. The third-order valence-corrected chi connectivity index (χ3v) is 2.98. The van der Waals surface area contributed by atoms with Crippen molar-refractivity contribution in [2.75, 3.05) is 32.1 Å². The van der Waals surface area contributed by atoms with Gasteiger partial charge in [-0.2, -0.15) is 0 Å². The zero-order valence-electron chi connectivity index (χ0n) is 12.0. The number of anilines is 1. The van der Waals surface area contributed by atoms with Crippen LogP contribution in [0.15, 0.2) is 18.2 Å². The van der Waals surface area contributed by atoms with Crippen LogP contribution in [0.5, 0.6) is 0 Å². The molecule has 0 spiro atoms. The lowest BCUT2D eigenvalue weighted by Gasteiger charge is -2.19. The molecule has 0 aliphatic rings. The van der Waals surface area contributed by atoms with Crippen LogP contribution in [0.3, 0.4) is 0 Å². The van der Waals surface area contributed by atoms with Gasteiger partial charge in [0.25, 0.3) is 0 Å². The second-order valence-corrected chi connectivity index (χ2v) is 4.87. The van der Waals surface area contributed by atoms with Gasteiger partial charge in [-0.15, -0.1) is 0 Å². The number of methoxy groups -OCH3 is 1. The Balaban J connectivity index is 2.60. The van der Waals surface area contributed by atoms with Crippen LogP contribution in [0.2, 0.25) is 5.02 Å². The molecule has 0 atom stereocenters. The Kier molecular flexibility index (Phi) is 7.11. The summed E-state index contributed by atoms with van der Waals surface area (Å²) in [6, 6.07) is 3.93. The van der Waals surface area contributed by atoms with E-state index in [4.69, 9.17) is 11.6 Å². The number of carbonyl (C=O) groups excluding carboxylic acids is 2. The number of hydrogen-bond acceptors (Lipinski definition) is 4. The summed E-state index contributed by atoms with van der Waals surface area (Å²) in [5, 5.41) is 2.54. The average molecular weight is 317 g/mol. The van der Waals surface area contributed by atoms with Crippen molar-refractivity contribution in [3.63, 3.8) is 0 Å². The molecule has 1 amide bonds. The Bertz CT molecular complexity index is 511. The van der Waals surface area contributed by atoms with Gasteiger partial charge in [0, 0.05) is 5.69 Å². The summed E-state index contributed by atoms with van der Waals surface area (Å²) in [7, 11) is 1.30. The highest BCUT2D eigenvalue weighted by atomic mass is 35.5. The summed E-state index contributed by atoms with van der Waals surface area (Å²) >= 11 is 5.64. The number of nitrogens with one attached hydrogen (secondary N) is 1. The molecule has 0 fully saturated rings. The van der Waals surface area contributed by atoms with Crippen molar-refractivity contribution in [2.24, 2.45) is 0 Å². The Morgan fingerprint density at radius 2 is 2.10 bits per heavy atom. The fourth-order valence-electron chi connectivity index (χ4n) is 1.75. The number of halogens is 2. The lowest BCUT2D eigenvalue weighted by atomic mass is 10.3. The van der Waals surface area contributed by atoms with Crippen molar-refractivity contribution in [2.45, 2.75) is 13.3 Å². The predicted octanol–water partition coefficient (Wildman–Crippen LogP) is 2.30. The van der Waals surface area contributed by atoms with E-state index in [9.17, 15) is 14.0 Å². The van der Waals surface area contributed by atoms with Gasteiger partial charge in [-0.25, -0.2) is 4.39 Å². The standard InChI is InChI=1S/C14H18ClFN2O3/c1-3-6-18(9-14(20)21-2)8-13(19)17-10-4-5-12(16)11(15)7-10/h4-5,7H,3,6,8-9H2,1-2H3,(H,17,19). The summed E-state index contributed by atoms with van der Waals surface area (Å²) < 4.78 is 17.6. The molecule has 21 heavy (non-hydrogen) atoms. The molecule has 116 valence electrons. The number of ether oxygens (including phenoxy) is 1. The van der Waals surface area contributed by atoms with Crippen LogP contribution in [-0.2, 0) is 14.3 Å². The van der Waals surface area contributed by atoms with E-state index in [0.29, 0.717) is 12.2 Å². The molecule has 1 N–H and O–H groups in total. The van der Waals surface area contributed by atoms with E-state index in [-0.39, 0.29) is 24.0 Å². The molecule has 0 saturated carbocycles. The van der Waals surface area contributed by atoms with Gasteiger partial charge in [-0.3, -0.25) is 14.5 Å². The second kappa shape index (κ2) is 8.59. The molecule has 1 rings (SSSR count). The van der Waals surface area contributed by atoms with Crippen LogP contribution in [-0.4, -0.2) is 43.5 Å². The molecule has 0 aromatic heterocycles. The SMILES string of the molecule is CCCN(CC(=O)Nc1ccc(F)c(Cl)c1)CC(=O)OC. The molecule has 0 heterocycles. The minimum Gasteiger partial charge on any atom is -0.468 e. The highest BCUT2D eigenvalue weighted by molar-refractivity contribution is 6.31. The van der Waals surface area contributed by atoms with E-state index in [1.807, 2.05) is 6.92 Å². The Morgan fingerprint density at radius 3 is 2.67 bits per heavy atom. The number of nitrogens with zero attached hydrogens (tertiary/aromatic N) is 1. The average Bonchev–Trinajstić information content (AvgIpc) is 2.43. The van der Waals surface area contributed by atoms with Gasteiger partial charge in [0.1, 0.15) is 5.82 Å². The Morgan fingerprint density at radius 1 is 1.38 bits per heavy atom. The first-order chi connectivity index (χ1) is 9.96. The molecule has 0 aliphatic heterocycles. The topological polar surface area (TPSA) is 58.6 Å². The van der Waals surface area contributed by atoms with Crippen molar-refractivity contribution in [1.82, 2.24) is 4.90 Å². The molecule has 0 saturated heterocycles. The molecular formula is C14H18ClFN2O3. The van der Waals surface area contributed by atoms with Crippen molar-refractivity contribution >= 4 is 29.2 Å². The van der Waals surface area contributed by atoms with Crippen molar-refractivity contribution < 1.29 is 18.7 Å². The van der Waals surface area contributed by atoms with Gasteiger partial charge >= 0.3 is 5.97 Å². The van der Waals surface area contributed by atoms with Gasteiger partial charge in [-0.05, 0) is 31.2 Å². The summed E-state index contributed by atoms with van der Waals surface area (Å²) in [6.07, 6.45) is 0.798. The molecule has 7 heteroatoms. The molecule has 0 aliphatic carbocycles. The lowest BCUT2D eigenvalue weighted by Crippen LogP contribution is -2.37. The monoisotopic (exact) mass is 316 g/mol. The van der Waals surface area contributed by atoms with Gasteiger partial charge in [0.05, 0.1) is 25.2 Å². The third-order valence-electron chi connectivity index (χ3n) is 2.69. The van der Waals surface area contributed by atoms with E-state index < -0.39 is 11.8 Å². The summed E-state index contributed by atoms with van der Waals surface area (Å²) in [5.74, 6) is -1.26. The molecule has 5 nitrogen and oxygen atoms in total. The summed E-state index contributed by atoms with van der Waals surface area (Å²) in [4.78, 5) is 24.9. The summed E-state index contributed by atoms with van der Waals surface area (Å²) in [6.45, 7) is 2.62. The molecule has 0 bridgehead atoms. The second-order valence-electron chi connectivity index (χ2n) is 4.46. The first-order valence-electron chi connectivity index (χ1n) is 6.50. The maximum absolute atomic E-state index is 13.0. The number of esters is 1. The maximum atomic E-state index is 13.0. The maximum Gasteiger partial charge on any atom is 0.319 e. The lowest BCUT2D eigenvalue weighted by molar-refractivity contribution is -0.142. The number of rotatable bonds is 7. The minimum atomic E-state index is -0.548. The Labute approximate surface area is 128 Å². The van der Waals surface area contributed by atoms with E-state index in [2.05, 4.69) is 10.1 Å². The van der Waals surface area contributed by atoms with E-state index in [1.165, 1.54) is 25.3 Å². The van der Waals surface area contributed by atoms with Crippen LogP contribution >= 0.6 is 11.6 Å². The third kappa shape index (κ3) is 6.10. The number of benzene rings is 1. The molecule has 0 radical (unpaired) electrons. The van der Waals surface area contributed by atoms with E-state index in [0.717, 1.165) is 6.42 Å². The van der Waals surface area contributed by atoms with Crippen molar-refractivity contribution in [3.05, 3.63) is 29.0 Å². The molecular weight excluding hydrogens is 299 g/mol. The summed E-state index contributed by atoms with van der Waals surface area (Å²) in [5.41, 5.74) is 0.404. The van der Waals surface area contributed by atoms with Crippen molar-refractivity contribution in [3.8, 4) is 0 Å². The zero-order valence-corrected chi connectivity index (χ0v) is 12.7. The highest BCUT2D eigenvalue weighted by Gasteiger charge is 2.14. The molecule has 1 aromatic rings. The first-order valence-corrected chi connectivity index (χ1v) is 6.88. The largest absolute Gasteiger partial charge is 0.468 e. The van der Waals surface area contributed by atoms with Crippen LogP contribution < -0.4 is 5.32 Å². The van der Waals surface area contributed by atoms with Crippen molar-refractivity contribution in [1.29, 1.82) is 0 Å². The smallest absolute Gasteiger partial charge is 0.319 e. The number of hydrogen-bond donors (Lipinski definition) is 1. The molecule has 0 unspecified atom stereocenters. The van der Waals surface area contributed by atoms with Gasteiger partial charge in [0.2, 0.25) is 5.91 Å². The molecule has 1 aromatic carbocycles. The minimum absolute atomic E-state index is 0.0396. The fraction of sp³-hybridized carbons (Fsp3) is 0.429. The van der Waals surface area contributed by atoms with E-state index in [1.54, 1.807) is 4.90 Å². The highest BCUT2D eigenvalue weighted by Crippen LogP contribution is 2.19. The normalized spacial score (nSPS) is 10.5. The fourth-order valence-corrected chi connectivity index (χ4v) is 1.94. The van der Waals surface area contributed by atoms with Crippen LogP contribution in [0.25, 0.3) is 0 Å². The Hall–Kier alpha value is -1.66. The first kappa shape index (κ1) is 17.4. The number of amides is 1. The van der Waals surface area contributed by atoms with Crippen LogP contribution in [0.1, 0.15) is 13.3 Å². The zero-order chi connectivity index (χ0) is 15.8. The van der Waals surface area contributed by atoms with Crippen LogP contribution in [0, 0.1) is 5.82 Å². The van der Waals surface area contributed by atoms with Gasteiger partial charge in [-0.1, -0.05) is 18.5 Å². The predicted molar refractivity (Wildman–Crippen MR) is 78.8 cm³/mol. The number of carbonyl (C=O) groups is 2. The van der Waals surface area contributed by atoms with Crippen LogP contribution in [0.4, 0.5) is 10.1 Å². The van der Waals surface area contributed by atoms with Gasteiger partial charge in [0.15, 0.2) is 0 Å². The van der Waals surface area contributed by atoms with Gasteiger partial charge < -0.3 is 10.1 Å².